The highest BCUT2D eigenvalue weighted by atomic mass is 16.5. The van der Waals surface area contributed by atoms with E-state index < -0.39 is 12.0 Å². The van der Waals surface area contributed by atoms with Crippen molar-refractivity contribution in [3.8, 4) is 5.75 Å². The Morgan fingerprint density at radius 3 is 2.38 bits per heavy atom. The molecule has 16 heavy (non-hydrogen) atoms. The highest BCUT2D eigenvalue weighted by molar-refractivity contribution is 5.77. The minimum Gasteiger partial charge on any atom is -0.425 e. The van der Waals surface area contributed by atoms with Gasteiger partial charge in [-0.2, -0.15) is 0 Å². The van der Waals surface area contributed by atoms with Gasteiger partial charge in [-0.25, -0.2) is 4.79 Å². The van der Waals surface area contributed by atoms with Crippen LogP contribution in [0.3, 0.4) is 0 Å². The number of benzene rings is 1. The lowest BCUT2D eigenvalue weighted by Crippen LogP contribution is -2.31. The van der Waals surface area contributed by atoms with Gasteiger partial charge in [-0.05, 0) is 18.4 Å². The third-order valence-corrected chi connectivity index (χ3v) is 2.28. The van der Waals surface area contributed by atoms with Crippen molar-refractivity contribution < 1.29 is 9.53 Å². The monoisotopic (exact) mass is 221 g/mol. The van der Waals surface area contributed by atoms with E-state index in [1.807, 2.05) is 18.2 Å². The predicted molar refractivity (Wildman–Crippen MR) is 64.4 cm³/mol. The summed E-state index contributed by atoms with van der Waals surface area (Å²) in [5, 5.41) is 0. The van der Waals surface area contributed by atoms with Gasteiger partial charge in [0.05, 0.1) is 0 Å². The van der Waals surface area contributed by atoms with Crippen molar-refractivity contribution in [1.29, 1.82) is 0 Å². The van der Waals surface area contributed by atoms with Crippen molar-refractivity contribution >= 4 is 5.97 Å². The van der Waals surface area contributed by atoms with E-state index in [1.54, 1.807) is 13.0 Å². The number of carbonyl (C=O) groups is 1. The fourth-order valence-corrected chi connectivity index (χ4v) is 1.38. The van der Waals surface area contributed by atoms with E-state index in [9.17, 15) is 4.79 Å². The smallest absolute Gasteiger partial charge is 0.328 e. The van der Waals surface area contributed by atoms with Crippen LogP contribution in [0.4, 0.5) is 0 Å². The van der Waals surface area contributed by atoms with Crippen LogP contribution in [-0.2, 0) is 10.2 Å². The van der Waals surface area contributed by atoms with Crippen LogP contribution in [0.5, 0.6) is 5.75 Å². The van der Waals surface area contributed by atoms with Gasteiger partial charge in [-0.1, -0.05) is 39.0 Å². The SMILES string of the molecule is CC(N)C(=O)Oc1ccccc1C(C)(C)C. The molecule has 2 N–H and O–H groups in total. The van der Waals surface area contributed by atoms with E-state index in [4.69, 9.17) is 10.5 Å². The first kappa shape index (κ1) is 12.7. The molecule has 0 bridgehead atoms. The lowest BCUT2D eigenvalue weighted by atomic mass is 9.86. The Morgan fingerprint density at radius 2 is 1.88 bits per heavy atom. The second kappa shape index (κ2) is 4.66. The zero-order valence-electron chi connectivity index (χ0n) is 10.3. The number of esters is 1. The molecule has 0 saturated heterocycles. The third-order valence-electron chi connectivity index (χ3n) is 2.28. The average molecular weight is 221 g/mol. The van der Waals surface area contributed by atoms with E-state index in [-0.39, 0.29) is 5.41 Å². The maximum Gasteiger partial charge on any atom is 0.328 e. The molecule has 0 heterocycles. The zero-order chi connectivity index (χ0) is 12.3. The van der Waals surface area contributed by atoms with Gasteiger partial charge in [-0.3, -0.25) is 0 Å². The highest BCUT2D eigenvalue weighted by Gasteiger charge is 2.20. The third kappa shape index (κ3) is 3.07. The normalized spacial score (nSPS) is 13.3. The Labute approximate surface area is 96.6 Å². The Bertz CT molecular complexity index is 378. The van der Waals surface area contributed by atoms with Gasteiger partial charge in [0.25, 0.3) is 0 Å². The van der Waals surface area contributed by atoms with Crippen molar-refractivity contribution in [1.82, 2.24) is 0 Å². The molecule has 1 atom stereocenters. The van der Waals surface area contributed by atoms with Crippen molar-refractivity contribution in [2.45, 2.75) is 39.2 Å². The molecule has 1 unspecified atom stereocenters. The van der Waals surface area contributed by atoms with Crippen LogP contribution in [-0.4, -0.2) is 12.0 Å². The molecule has 0 fully saturated rings. The van der Waals surface area contributed by atoms with Crippen LogP contribution >= 0.6 is 0 Å². The Morgan fingerprint density at radius 1 is 1.31 bits per heavy atom. The number of rotatable bonds is 2. The molecule has 1 aromatic carbocycles. The summed E-state index contributed by atoms with van der Waals surface area (Å²) in [5.74, 6) is 0.189. The maximum atomic E-state index is 11.4. The topological polar surface area (TPSA) is 52.3 Å². The van der Waals surface area contributed by atoms with E-state index in [0.29, 0.717) is 5.75 Å². The summed E-state index contributed by atoms with van der Waals surface area (Å²) in [6.07, 6.45) is 0. The Kier molecular flexibility index (Phi) is 3.70. The van der Waals surface area contributed by atoms with Crippen LogP contribution in [0.15, 0.2) is 24.3 Å². The second-order valence-electron chi connectivity index (χ2n) is 4.96. The Hall–Kier alpha value is -1.35. The number of hydrogen-bond acceptors (Lipinski definition) is 3. The molecule has 1 aromatic rings. The zero-order valence-corrected chi connectivity index (χ0v) is 10.3. The number of nitrogens with two attached hydrogens (primary N) is 1. The van der Waals surface area contributed by atoms with Gasteiger partial charge in [0.15, 0.2) is 0 Å². The first-order valence-electron chi connectivity index (χ1n) is 5.39. The summed E-state index contributed by atoms with van der Waals surface area (Å²) in [7, 11) is 0. The van der Waals surface area contributed by atoms with Crippen LogP contribution in [0, 0.1) is 0 Å². The van der Waals surface area contributed by atoms with Crippen LogP contribution in [0.1, 0.15) is 33.3 Å². The van der Waals surface area contributed by atoms with Crippen molar-refractivity contribution in [3.05, 3.63) is 29.8 Å². The summed E-state index contributed by atoms with van der Waals surface area (Å²) in [6, 6.07) is 6.93. The molecule has 3 nitrogen and oxygen atoms in total. The number of para-hydroxylation sites is 1. The van der Waals surface area contributed by atoms with Gasteiger partial charge in [0.1, 0.15) is 11.8 Å². The average Bonchev–Trinajstić information content (AvgIpc) is 2.16. The van der Waals surface area contributed by atoms with Gasteiger partial charge in [0.2, 0.25) is 0 Å². The highest BCUT2D eigenvalue weighted by Crippen LogP contribution is 2.30. The maximum absolute atomic E-state index is 11.4. The minimum atomic E-state index is -0.604. The molecule has 1 rings (SSSR count). The summed E-state index contributed by atoms with van der Waals surface area (Å²) in [6.45, 7) is 7.84. The molecule has 0 radical (unpaired) electrons. The lowest BCUT2D eigenvalue weighted by molar-refractivity contribution is -0.135. The molecular weight excluding hydrogens is 202 g/mol. The van der Waals surface area contributed by atoms with Gasteiger partial charge in [0, 0.05) is 5.56 Å². The summed E-state index contributed by atoms with van der Waals surface area (Å²) < 4.78 is 5.27. The molecule has 0 saturated carbocycles. The molecule has 0 aliphatic rings. The van der Waals surface area contributed by atoms with Crippen molar-refractivity contribution in [2.24, 2.45) is 5.73 Å². The number of hydrogen-bond donors (Lipinski definition) is 1. The lowest BCUT2D eigenvalue weighted by Gasteiger charge is -2.22. The standard InChI is InChI=1S/C13H19NO2/c1-9(14)12(15)16-11-8-6-5-7-10(11)13(2,3)4/h5-9H,14H2,1-4H3. The summed E-state index contributed by atoms with van der Waals surface area (Å²) >= 11 is 0. The van der Waals surface area contributed by atoms with Crippen LogP contribution in [0.25, 0.3) is 0 Å². The number of carbonyl (C=O) groups excluding carboxylic acids is 1. The largest absolute Gasteiger partial charge is 0.425 e. The van der Waals surface area contributed by atoms with E-state index in [1.165, 1.54) is 0 Å². The molecule has 3 heteroatoms. The molecule has 0 amide bonds. The molecule has 0 aliphatic heterocycles. The second-order valence-corrected chi connectivity index (χ2v) is 4.96. The molecule has 0 aromatic heterocycles. The predicted octanol–water partition coefficient (Wildman–Crippen LogP) is 2.24. The fourth-order valence-electron chi connectivity index (χ4n) is 1.38. The van der Waals surface area contributed by atoms with Gasteiger partial charge in [-0.15, -0.1) is 0 Å². The van der Waals surface area contributed by atoms with E-state index in [0.717, 1.165) is 5.56 Å². The van der Waals surface area contributed by atoms with Gasteiger partial charge < -0.3 is 10.5 Å². The van der Waals surface area contributed by atoms with Crippen LogP contribution in [0.2, 0.25) is 0 Å². The van der Waals surface area contributed by atoms with E-state index >= 15 is 0 Å². The van der Waals surface area contributed by atoms with Crippen molar-refractivity contribution in [2.75, 3.05) is 0 Å². The molecule has 88 valence electrons. The van der Waals surface area contributed by atoms with Gasteiger partial charge >= 0.3 is 5.97 Å². The summed E-state index contributed by atoms with van der Waals surface area (Å²) in [5.41, 5.74) is 6.41. The number of ether oxygens (including phenoxy) is 1. The summed E-state index contributed by atoms with van der Waals surface area (Å²) in [4.78, 5) is 11.4. The molecular formula is C13H19NO2. The quantitative estimate of drug-likeness (QED) is 0.615. The molecule has 0 aliphatic carbocycles. The first-order valence-corrected chi connectivity index (χ1v) is 5.39. The van der Waals surface area contributed by atoms with Crippen LogP contribution < -0.4 is 10.5 Å². The first-order chi connectivity index (χ1) is 7.32. The molecule has 0 spiro atoms. The van der Waals surface area contributed by atoms with Crippen molar-refractivity contribution in [3.63, 3.8) is 0 Å². The van der Waals surface area contributed by atoms with E-state index in [2.05, 4.69) is 20.8 Å². The Balaban J connectivity index is 3.01. The minimum absolute atomic E-state index is 0.0608. The fraction of sp³-hybridized carbons (Fsp3) is 0.462.